The van der Waals surface area contributed by atoms with E-state index in [0.29, 0.717) is 12.0 Å². The maximum atomic E-state index is 12.0. The van der Waals surface area contributed by atoms with Crippen molar-refractivity contribution in [2.24, 2.45) is 11.3 Å². The quantitative estimate of drug-likeness (QED) is 0.516. The molecule has 0 N–H and O–H groups in total. The summed E-state index contributed by atoms with van der Waals surface area (Å²) in [6.07, 6.45) is 4.10. The van der Waals surface area contributed by atoms with Gasteiger partial charge in [-0.25, -0.2) is 0 Å². The van der Waals surface area contributed by atoms with Crippen LogP contribution >= 0.6 is 0 Å². The van der Waals surface area contributed by atoms with Crippen molar-refractivity contribution in [1.82, 2.24) is 0 Å². The Labute approximate surface area is 91.7 Å². The number of hydrogen-bond acceptors (Lipinski definition) is 2. The zero-order valence-electron chi connectivity index (χ0n) is 10.1. The van der Waals surface area contributed by atoms with Crippen LogP contribution < -0.4 is 0 Å². The predicted octanol–water partition coefficient (Wildman–Crippen LogP) is 2.92. The molecule has 1 saturated carbocycles. The highest BCUT2D eigenvalue weighted by molar-refractivity contribution is 6.22. The molecule has 1 unspecified atom stereocenters. The molecule has 0 radical (unpaired) electrons. The molecule has 0 aromatic carbocycles. The molecule has 0 bridgehead atoms. The van der Waals surface area contributed by atoms with Crippen molar-refractivity contribution in [3.8, 4) is 0 Å². The van der Waals surface area contributed by atoms with Crippen LogP contribution in [0.5, 0.6) is 0 Å². The van der Waals surface area contributed by atoms with Gasteiger partial charge in [-0.2, -0.15) is 0 Å². The lowest BCUT2D eigenvalue weighted by Gasteiger charge is -2.35. The summed E-state index contributed by atoms with van der Waals surface area (Å²) in [5.74, 6) is 0.0135. The van der Waals surface area contributed by atoms with E-state index in [2.05, 4.69) is 0 Å². The second kappa shape index (κ2) is 4.30. The van der Waals surface area contributed by atoms with Crippen LogP contribution in [-0.2, 0) is 9.59 Å². The van der Waals surface area contributed by atoms with Gasteiger partial charge in [-0.3, -0.25) is 9.59 Å². The first-order chi connectivity index (χ1) is 6.90. The molecule has 15 heavy (non-hydrogen) atoms. The minimum atomic E-state index is -0.183. The molecule has 0 aromatic rings. The zero-order valence-corrected chi connectivity index (χ0v) is 10.1. The van der Waals surface area contributed by atoms with Gasteiger partial charge >= 0.3 is 0 Å². The van der Waals surface area contributed by atoms with E-state index in [-0.39, 0.29) is 22.9 Å². The van der Waals surface area contributed by atoms with E-state index in [4.69, 9.17) is 0 Å². The lowest BCUT2D eigenvalue weighted by Crippen LogP contribution is -2.39. The highest BCUT2D eigenvalue weighted by Crippen LogP contribution is 2.38. The minimum Gasteiger partial charge on any atom is -0.294 e. The van der Waals surface area contributed by atoms with Crippen molar-refractivity contribution >= 4 is 11.6 Å². The van der Waals surface area contributed by atoms with Crippen LogP contribution in [0, 0.1) is 11.3 Å². The van der Waals surface area contributed by atoms with Gasteiger partial charge in [0.1, 0.15) is 0 Å². The highest BCUT2D eigenvalue weighted by atomic mass is 16.2. The molecular formula is C13H20O2. The van der Waals surface area contributed by atoms with Gasteiger partial charge in [-0.15, -0.1) is 0 Å². The van der Waals surface area contributed by atoms with Gasteiger partial charge in [0.25, 0.3) is 0 Å². The topological polar surface area (TPSA) is 34.1 Å². The third-order valence-corrected chi connectivity index (χ3v) is 3.38. The fraction of sp³-hybridized carbons (Fsp3) is 0.692. The zero-order chi connectivity index (χ0) is 11.6. The first-order valence-electron chi connectivity index (χ1n) is 5.67. The number of Topliss-reactive ketones (excluding diaryl/α,β-unsaturated/α-hetero) is 2. The Kier molecular flexibility index (Phi) is 3.48. The Morgan fingerprint density at radius 3 is 2.53 bits per heavy atom. The summed E-state index contributed by atoms with van der Waals surface area (Å²) in [6.45, 7) is 7.95. The lowest BCUT2D eigenvalue weighted by molar-refractivity contribution is -0.131. The van der Waals surface area contributed by atoms with Gasteiger partial charge < -0.3 is 0 Å². The van der Waals surface area contributed by atoms with E-state index in [1.54, 1.807) is 0 Å². The molecule has 0 aliphatic heterocycles. The second-order valence-corrected chi connectivity index (χ2v) is 5.08. The Hall–Kier alpha value is -0.920. The highest BCUT2D eigenvalue weighted by Gasteiger charge is 2.41. The van der Waals surface area contributed by atoms with Gasteiger partial charge in [-0.1, -0.05) is 40.2 Å². The fourth-order valence-corrected chi connectivity index (χ4v) is 1.89. The Balaban J connectivity index is 2.95. The van der Waals surface area contributed by atoms with Gasteiger partial charge in [-0.05, 0) is 11.8 Å². The molecule has 1 atom stereocenters. The maximum absolute atomic E-state index is 12.0. The summed E-state index contributed by atoms with van der Waals surface area (Å²) >= 11 is 0. The van der Waals surface area contributed by atoms with Crippen LogP contribution in [0.25, 0.3) is 0 Å². The molecule has 0 saturated heterocycles. The Bertz CT molecular complexity index is 310. The first kappa shape index (κ1) is 12.2. The second-order valence-electron chi connectivity index (χ2n) is 5.08. The maximum Gasteiger partial charge on any atom is 0.169 e. The first-order valence-corrected chi connectivity index (χ1v) is 5.67. The average Bonchev–Trinajstić information content (AvgIpc) is 2.14. The molecule has 0 aromatic heterocycles. The van der Waals surface area contributed by atoms with Gasteiger partial charge in [0.2, 0.25) is 0 Å². The third kappa shape index (κ3) is 2.36. The normalized spacial score (nSPS) is 28.5. The molecule has 1 rings (SSSR count). The summed E-state index contributed by atoms with van der Waals surface area (Å²) < 4.78 is 0. The molecular weight excluding hydrogens is 188 g/mol. The summed E-state index contributed by atoms with van der Waals surface area (Å²) in [4.78, 5) is 23.8. The number of ketones is 2. The van der Waals surface area contributed by atoms with E-state index >= 15 is 0 Å². The smallest absolute Gasteiger partial charge is 0.169 e. The fourth-order valence-electron chi connectivity index (χ4n) is 1.89. The van der Waals surface area contributed by atoms with E-state index in [1.165, 1.54) is 0 Å². The van der Waals surface area contributed by atoms with Crippen LogP contribution in [0.3, 0.4) is 0 Å². The standard InChI is InChI=1S/C13H20O2/c1-5-6-7-10-11(14)8-13(3,4)9(2)12(10)15/h7,9H,5-6,8H2,1-4H3. The predicted molar refractivity (Wildman–Crippen MR) is 60.6 cm³/mol. The number of allylic oxidation sites excluding steroid dienone is 2. The van der Waals surface area contributed by atoms with Crippen molar-refractivity contribution < 1.29 is 9.59 Å². The molecule has 0 heterocycles. The van der Waals surface area contributed by atoms with Crippen molar-refractivity contribution in [2.75, 3.05) is 0 Å². The van der Waals surface area contributed by atoms with E-state index in [1.807, 2.05) is 33.8 Å². The number of carbonyl (C=O) groups excluding carboxylic acids is 2. The van der Waals surface area contributed by atoms with Crippen LogP contribution in [0.2, 0.25) is 0 Å². The van der Waals surface area contributed by atoms with Crippen molar-refractivity contribution in [3.05, 3.63) is 11.6 Å². The summed E-state index contributed by atoms with van der Waals surface area (Å²) in [5, 5.41) is 0. The van der Waals surface area contributed by atoms with Crippen LogP contribution in [0.1, 0.15) is 47.0 Å². The van der Waals surface area contributed by atoms with Crippen molar-refractivity contribution in [2.45, 2.75) is 47.0 Å². The van der Waals surface area contributed by atoms with Crippen molar-refractivity contribution in [3.63, 3.8) is 0 Å². The number of rotatable bonds is 2. The third-order valence-electron chi connectivity index (χ3n) is 3.38. The average molecular weight is 208 g/mol. The summed E-state index contributed by atoms with van der Waals surface area (Å²) in [7, 11) is 0. The minimum absolute atomic E-state index is 0.0246. The van der Waals surface area contributed by atoms with E-state index in [0.717, 1.165) is 12.8 Å². The summed E-state index contributed by atoms with van der Waals surface area (Å²) in [6, 6.07) is 0. The number of unbranched alkanes of at least 4 members (excludes halogenated alkanes) is 1. The molecule has 84 valence electrons. The monoisotopic (exact) mass is 208 g/mol. The summed E-state index contributed by atoms with van der Waals surface area (Å²) in [5.41, 5.74) is 0.265. The molecule has 2 heteroatoms. The van der Waals surface area contributed by atoms with Gasteiger partial charge in [0.15, 0.2) is 11.6 Å². The van der Waals surface area contributed by atoms with Gasteiger partial charge in [0.05, 0.1) is 5.57 Å². The number of carbonyl (C=O) groups is 2. The largest absolute Gasteiger partial charge is 0.294 e. The van der Waals surface area contributed by atoms with Crippen LogP contribution in [-0.4, -0.2) is 11.6 Å². The van der Waals surface area contributed by atoms with Crippen molar-refractivity contribution in [1.29, 1.82) is 0 Å². The van der Waals surface area contributed by atoms with E-state index < -0.39 is 0 Å². The van der Waals surface area contributed by atoms with Crippen LogP contribution in [0.15, 0.2) is 11.6 Å². The molecule has 0 spiro atoms. The Morgan fingerprint density at radius 2 is 2.00 bits per heavy atom. The molecule has 2 nitrogen and oxygen atoms in total. The van der Waals surface area contributed by atoms with Gasteiger partial charge in [0, 0.05) is 12.3 Å². The van der Waals surface area contributed by atoms with E-state index in [9.17, 15) is 9.59 Å². The molecule has 1 fully saturated rings. The van der Waals surface area contributed by atoms with Crippen LogP contribution in [0.4, 0.5) is 0 Å². The molecule has 1 aliphatic rings. The molecule has 1 aliphatic carbocycles. The molecule has 0 amide bonds. The lowest BCUT2D eigenvalue weighted by atomic mass is 9.67. The number of hydrogen-bond donors (Lipinski definition) is 0. The Morgan fingerprint density at radius 1 is 1.40 bits per heavy atom. The SMILES string of the molecule is CCCC=C1C(=O)CC(C)(C)C(C)C1=O.